The van der Waals surface area contributed by atoms with Gasteiger partial charge in [0.1, 0.15) is 0 Å². The van der Waals surface area contributed by atoms with Gasteiger partial charge in [-0.2, -0.15) is 149 Å². The first-order chi connectivity index (χ1) is 32.6. The number of hydrogen-bond donors (Lipinski definition) is 0. The number of rotatable bonds is 24. The molecule has 0 fully saturated rings. The Morgan fingerprint density at radius 3 is 0.649 bits per heavy atom. The van der Waals surface area contributed by atoms with Crippen molar-refractivity contribution >= 4 is 0 Å². The highest BCUT2D eigenvalue weighted by Crippen LogP contribution is 2.66. The molecule has 0 aliphatic rings. The maximum atomic E-state index is 14.2. The summed E-state index contributed by atoms with van der Waals surface area (Å²) in [6.07, 6.45) is -25.7. The van der Waals surface area contributed by atoms with E-state index in [1.165, 1.54) is 48.5 Å². The first kappa shape index (κ1) is 65.7. The highest BCUT2D eigenvalue weighted by Gasteiger charge is 2.96. The van der Waals surface area contributed by atoms with Crippen molar-refractivity contribution in [3.8, 4) is 11.8 Å². The van der Waals surface area contributed by atoms with Crippen LogP contribution in [0.5, 0.6) is 0 Å². The molecule has 2 aromatic rings. The Balaban J connectivity index is 1.98. The average Bonchev–Trinajstić information content (AvgIpc) is 3.24. The van der Waals surface area contributed by atoms with Gasteiger partial charge in [0.15, 0.2) is 0 Å². The zero-order valence-electron chi connectivity index (χ0n) is 35.5. The number of alkyl halides is 34. The number of aryl methyl sites for hydroxylation is 2. The number of halogens is 34. The quantitative estimate of drug-likeness (QED) is 0.0558. The molecule has 0 aromatic heterocycles. The second kappa shape index (κ2) is 20.5. The molecule has 0 heterocycles. The highest BCUT2D eigenvalue weighted by atomic mass is 19.4. The summed E-state index contributed by atoms with van der Waals surface area (Å²) in [4.78, 5) is 0. The minimum Gasteiger partial charge on any atom is -0.200 e. The van der Waals surface area contributed by atoms with Gasteiger partial charge < -0.3 is 0 Å². The van der Waals surface area contributed by atoms with Crippen LogP contribution in [0.15, 0.2) is 48.5 Å². The zero-order valence-corrected chi connectivity index (χ0v) is 35.5. The first-order valence-corrected chi connectivity index (χ1v) is 19.7. The lowest BCUT2D eigenvalue weighted by Crippen LogP contribution is -2.74. The van der Waals surface area contributed by atoms with Crippen molar-refractivity contribution in [1.82, 2.24) is 0 Å². The Morgan fingerprint density at radius 1 is 0.230 bits per heavy atom. The summed E-state index contributed by atoms with van der Waals surface area (Å²) in [5.74, 6) is -109. The molecule has 0 radical (unpaired) electrons. The summed E-state index contributed by atoms with van der Waals surface area (Å²) in [6, 6.07) is 10.5. The molecule has 0 nitrogen and oxygen atoms in total. The van der Waals surface area contributed by atoms with E-state index in [2.05, 4.69) is 11.8 Å². The third-order valence-electron chi connectivity index (χ3n) is 10.7. The third kappa shape index (κ3) is 11.1. The van der Waals surface area contributed by atoms with E-state index in [0.717, 1.165) is 0 Å². The number of unbranched alkanes of at least 4 members (excludes halogenated alkanes) is 4. The van der Waals surface area contributed by atoms with Gasteiger partial charge in [-0.15, -0.1) is 0 Å². The lowest BCUT2D eigenvalue weighted by molar-refractivity contribution is -0.461. The van der Waals surface area contributed by atoms with Crippen molar-refractivity contribution < 1.29 is 149 Å². The molecule has 2 aromatic carbocycles. The number of benzene rings is 2. The van der Waals surface area contributed by atoms with Gasteiger partial charge in [-0.05, 0) is 73.9 Å². The summed E-state index contributed by atoms with van der Waals surface area (Å²) in [6.45, 7) is 0. The standard InChI is InChI=1S/C40H28F34/c41-25(42,27(45,46)29(49,50)31(53,54)33(57,58)35(61,62)37(65,66)39(69,70)71)19-5-1-3-7-21-9-13-23(14-10-21)17-18-24-15-11-22(12-16-24)8-4-2-6-20-26(43,44)28(47,48)30(51,52)32(55,56)34(59,60)36(63,64)38(67,68)40(72,73)74/h9-16H,1-8,19-20H2. The van der Waals surface area contributed by atoms with Crippen LogP contribution < -0.4 is 0 Å². The lowest BCUT2D eigenvalue weighted by atomic mass is 9.87. The molecular weight excluding hydrogens is 1130 g/mol. The predicted molar refractivity (Wildman–Crippen MR) is 185 cm³/mol. The normalized spacial score (nSPS) is 15.3. The third-order valence-corrected chi connectivity index (χ3v) is 10.7. The molecule has 0 aliphatic carbocycles. The Bertz CT molecular complexity index is 2080. The maximum Gasteiger partial charge on any atom is 0.460 e. The van der Waals surface area contributed by atoms with Crippen molar-refractivity contribution in [2.75, 3.05) is 0 Å². The summed E-state index contributed by atoms with van der Waals surface area (Å²) < 4.78 is 457. The molecule has 34 heteroatoms. The minimum atomic E-state index is -8.73. The fourth-order valence-electron chi connectivity index (χ4n) is 6.07. The van der Waals surface area contributed by atoms with Crippen LogP contribution in [0.1, 0.15) is 73.6 Å². The second-order valence-electron chi connectivity index (χ2n) is 16.1. The predicted octanol–water partition coefficient (Wildman–Crippen LogP) is 17.3. The molecule has 0 bridgehead atoms. The molecule has 0 unspecified atom stereocenters. The summed E-state index contributed by atoms with van der Waals surface area (Å²) in [7, 11) is 0. The van der Waals surface area contributed by atoms with Gasteiger partial charge >= 0.3 is 95.3 Å². The van der Waals surface area contributed by atoms with Gasteiger partial charge in [-0.3, -0.25) is 0 Å². The van der Waals surface area contributed by atoms with Crippen molar-refractivity contribution in [2.45, 2.75) is 159 Å². The molecule has 0 saturated heterocycles. The number of hydrogen-bond acceptors (Lipinski definition) is 0. The van der Waals surface area contributed by atoms with Crippen LogP contribution in [0.25, 0.3) is 0 Å². The Morgan fingerprint density at radius 2 is 0.432 bits per heavy atom. The maximum absolute atomic E-state index is 14.2. The van der Waals surface area contributed by atoms with Crippen LogP contribution in [-0.4, -0.2) is 95.3 Å². The Labute approximate surface area is 391 Å². The summed E-state index contributed by atoms with van der Waals surface area (Å²) in [5.41, 5.74) is 1.12. The van der Waals surface area contributed by atoms with Crippen LogP contribution in [-0.2, 0) is 12.8 Å². The average molecular weight is 1150 g/mol. The van der Waals surface area contributed by atoms with E-state index in [0.29, 0.717) is 11.1 Å². The zero-order chi connectivity index (χ0) is 58.5. The lowest BCUT2D eigenvalue weighted by Gasteiger charge is -2.42. The summed E-state index contributed by atoms with van der Waals surface area (Å²) in [5, 5.41) is 0. The molecule has 0 amide bonds. The van der Waals surface area contributed by atoms with Gasteiger partial charge in [0.2, 0.25) is 0 Å². The molecule has 0 spiro atoms. The van der Waals surface area contributed by atoms with E-state index >= 15 is 0 Å². The van der Waals surface area contributed by atoms with Crippen LogP contribution in [0.2, 0.25) is 0 Å². The van der Waals surface area contributed by atoms with Gasteiger partial charge in [0, 0.05) is 24.0 Å². The SMILES string of the molecule is FC(F)(F)C(F)(F)C(F)(F)C(F)(F)C(F)(F)C(F)(F)C(F)(F)C(F)(F)CCCCCc1ccc(C#Cc2ccc(CCCCCC(F)(F)C(F)(F)C(F)(F)C(F)(F)C(F)(F)C(F)(F)C(F)(F)C(F)(F)F)cc2)cc1. The fourth-order valence-corrected chi connectivity index (χ4v) is 6.07. The van der Waals surface area contributed by atoms with E-state index in [1.54, 1.807) is 0 Å². The first-order valence-electron chi connectivity index (χ1n) is 19.7. The molecule has 0 aliphatic heterocycles. The molecular formula is C40H28F34. The van der Waals surface area contributed by atoms with E-state index in [4.69, 9.17) is 0 Å². The van der Waals surface area contributed by atoms with Crippen molar-refractivity contribution in [1.29, 1.82) is 0 Å². The second-order valence-corrected chi connectivity index (χ2v) is 16.1. The van der Waals surface area contributed by atoms with E-state index < -0.39 is 134 Å². The molecule has 74 heavy (non-hydrogen) atoms. The van der Waals surface area contributed by atoms with Crippen molar-refractivity contribution in [2.24, 2.45) is 0 Å². The van der Waals surface area contributed by atoms with Gasteiger partial charge in [0.05, 0.1) is 0 Å². The topological polar surface area (TPSA) is 0 Å². The van der Waals surface area contributed by atoms with Crippen LogP contribution in [0.4, 0.5) is 149 Å². The largest absolute Gasteiger partial charge is 0.460 e. The smallest absolute Gasteiger partial charge is 0.200 e. The molecule has 0 atom stereocenters. The van der Waals surface area contributed by atoms with Crippen LogP contribution >= 0.6 is 0 Å². The summed E-state index contributed by atoms with van der Waals surface area (Å²) >= 11 is 0. The van der Waals surface area contributed by atoms with Crippen LogP contribution in [0.3, 0.4) is 0 Å². The monoisotopic (exact) mass is 1150 g/mol. The van der Waals surface area contributed by atoms with Crippen molar-refractivity contribution in [3.63, 3.8) is 0 Å². The van der Waals surface area contributed by atoms with E-state index in [1.807, 2.05) is 0 Å². The van der Waals surface area contributed by atoms with Gasteiger partial charge in [-0.25, -0.2) is 0 Å². The minimum absolute atomic E-state index is 0.141. The van der Waals surface area contributed by atoms with Crippen LogP contribution in [0, 0.1) is 11.8 Å². The Kier molecular flexibility index (Phi) is 18.2. The molecule has 426 valence electrons. The Hall–Kier alpha value is -4.38. The molecule has 2 rings (SSSR count). The van der Waals surface area contributed by atoms with E-state index in [-0.39, 0.29) is 36.8 Å². The van der Waals surface area contributed by atoms with Gasteiger partial charge in [0.25, 0.3) is 0 Å². The molecule has 0 N–H and O–H groups in total. The van der Waals surface area contributed by atoms with Gasteiger partial charge in [-0.1, -0.05) is 48.9 Å². The fraction of sp³-hybridized carbons (Fsp3) is 0.650. The van der Waals surface area contributed by atoms with E-state index in [9.17, 15) is 149 Å². The highest BCUT2D eigenvalue weighted by molar-refractivity contribution is 5.44. The molecule has 0 saturated carbocycles. The van der Waals surface area contributed by atoms with Crippen molar-refractivity contribution in [3.05, 3.63) is 70.8 Å².